The first kappa shape index (κ1) is 12.0. The van der Waals surface area contributed by atoms with Crippen molar-refractivity contribution >= 4 is 11.8 Å². The second-order valence-corrected chi connectivity index (χ2v) is 4.72. The highest BCUT2D eigenvalue weighted by atomic mass is 16.2. The van der Waals surface area contributed by atoms with Gasteiger partial charge in [-0.05, 0) is 25.2 Å². The van der Waals surface area contributed by atoms with Gasteiger partial charge in [0.15, 0.2) is 0 Å². The van der Waals surface area contributed by atoms with Gasteiger partial charge in [-0.1, -0.05) is 20.3 Å². The minimum atomic E-state index is -0.502. The minimum absolute atomic E-state index is 0.00861. The van der Waals surface area contributed by atoms with E-state index in [1.165, 1.54) is 0 Å². The summed E-state index contributed by atoms with van der Waals surface area (Å²) in [5, 5.41) is 2.74. The predicted octanol–water partition coefficient (Wildman–Crippen LogP) is 0.803. The molecule has 1 aliphatic rings. The Kier molecular flexibility index (Phi) is 4.12. The third-order valence-corrected chi connectivity index (χ3v) is 2.84. The molecular formula is C11H20N2O2. The van der Waals surface area contributed by atoms with E-state index in [0.717, 1.165) is 19.3 Å². The maximum atomic E-state index is 11.6. The summed E-state index contributed by atoms with van der Waals surface area (Å²) in [4.78, 5) is 22.7. The third-order valence-electron chi connectivity index (χ3n) is 2.84. The molecular weight excluding hydrogens is 192 g/mol. The summed E-state index contributed by atoms with van der Waals surface area (Å²) in [6.07, 6.45) is 3.62. The molecule has 1 saturated carbocycles. The molecule has 4 nitrogen and oxygen atoms in total. The molecule has 1 fully saturated rings. The molecule has 1 atom stereocenters. The SMILES string of the molecule is CC(C)CC(NC(=O)C1CCC1)C(N)=O. The number of rotatable bonds is 5. The zero-order chi connectivity index (χ0) is 11.4. The van der Waals surface area contributed by atoms with E-state index >= 15 is 0 Å². The molecule has 1 aliphatic carbocycles. The highest BCUT2D eigenvalue weighted by molar-refractivity contribution is 5.87. The van der Waals surface area contributed by atoms with Crippen molar-refractivity contribution in [1.29, 1.82) is 0 Å². The summed E-state index contributed by atoms with van der Waals surface area (Å²) in [5.74, 6) is 0.0188. The van der Waals surface area contributed by atoms with Crippen LogP contribution in [0.15, 0.2) is 0 Å². The van der Waals surface area contributed by atoms with Crippen LogP contribution in [0.5, 0.6) is 0 Å². The van der Waals surface area contributed by atoms with Crippen LogP contribution in [0.1, 0.15) is 39.5 Å². The topological polar surface area (TPSA) is 72.2 Å². The van der Waals surface area contributed by atoms with E-state index in [-0.39, 0.29) is 11.8 Å². The summed E-state index contributed by atoms with van der Waals surface area (Å²) in [5.41, 5.74) is 5.24. The fourth-order valence-corrected chi connectivity index (χ4v) is 1.68. The third kappa shape index (κ3) is 3.53. The van der Waals surface area contributed by atoms with Gasteiger partial charge in [-0.3, -0.25) is 9.59 Å². The number of hydrogen-bond acceptors (Lipinski definition) is 2. The van der Waals surface area contributed by atoms with E-state index in [0.29, 0.717) is 12.3 Å². The van der Waals surface area contributed by atoms with Crippen LogP contribution < -0.4 is 11.1 Å². The molecule has 0 aliphatic heterocycles. The molecule has 0 radical (unpaired) electrons. The number of carbonyl (C=O) groups is 2. The molecule has 3 N–H and O–H groups in total. The van der Waals surface area contributed by atoms with Crippen LogP contribution in [0.4, 0.5) is 0 Å². The molecule has 0 bridgehead atoms. The molecule has 4 heteroatoms. The maximum absolute atomic E-state index is 11.6. The normalized spacial score (nSPS) is 18.3. The number of nitrogens with one attached hydrogen (secondary N) is 1. The van der Waals surface area contributed by atoms with Crippen LogP contribution in [-0.2, 0) is 9.59 Å². The van der Waals surface area contributed by atoms with Gasteiger partial charge in [-0.25, -0.2) is 0 Å². The summed E-state index contributed by atoms with van der Waals surface area (Å²) >= 11 is 0. The lowest BCUT2D eigenvalue weighted by Crippen LogP contribution is -2.48. The summed E-state index contributed by atoms with van der Waals surface area (Å²) in [7, 11) is 0. The zero-order valence-corrected chi connectivity index (χ0v) is 9.45. The van der Waals surface area contributed by atoms with Crippen molar-refractivity contribution in [2.24, 2.45) is 17.6 Å². The Hall–Kier alpha value is -1.06. The van der Waals surface area contributed by atoms with Gasteiger partial charge in [-0.2, -0.15) is 0 Å². The van der Waals surface area contributed by atoms with Crippen molar-refractivity contribution in [3.8, 4) is 0 Å². The van der Waals surface area contributed by atoms with Crippen molar-refractivity contribution in [1.82, 2.24) is 5.32 Å². The van der Waals surface area contributed by atoms with E-state index in [2.05, 4.69) is 5.32 Å². The average Bonchev–Trinajstić information content (AvgIpc) is 1.98. The molecule has 0 saturated heterocycles. The summed E-state index contributed by atoms with van der Waals surface area (Å²) in [6, 6.07) is -0.502. The van der Waals surface area contributed by atoms with Gasteiger partial charge in [0.05, 0.1) is 0 Å². The van der Waals surface area contributed by atoms with Crippen molar-refractivity contribution in [3.63, 3.8) is 0 Å². The van der Waals surface area contributed by atoms with Crippen LogP contribution in [0.2, 0.25) is 0 Å². The fraction of sp³-hybridized carbons (Fsp3) is 0.818. The zero-order valence-electron chi connectivity index (χ0n) is 9.45. The lowest BCUT2D eigenvalue weighted by molar-refractivity contribution is -0.132. The molecule has 0 aromatic heterocycles. The molecule has 86 valence electrons. The Balaban J connectivity index is 2.42. The first-order chi connectivity index (χ1) is 7.00. The van der Waals surface area contributed by atoms with Crippen molar-refractivity contribution < 1.29 is 9.59 Å². The first-order valence-electron chi connectivity index (χ1n) is 5.60. The second-order valence-electron chi connectivity index (χ2n) is 4.72. The first-order valence-corrected chi connectivity index (χ1v) is 5.60. The molecule has 0 aromatic rings. The van der Waals surface area contributed by atoms with Crippen LogP contribution >= 0.6 is 0 Å². The van der Waals surface area contributed by atoms with E-state index in [4.69, 9.17) is 5.73 Å². The number of amides is 2. The number of hydrogen-bond donors (Lipinski definition) is 2. The second kappa shape index (κ2) is 5.14. The Morgan fingerprint density at radius 2 is 2.00 bits per heavy atom. The monoisotopic (exact) mass is 212 g/mol. The van der Waals surface area contributed by atoms with E-state index in [1.807, 2.05) is 13.8 Å². The van der Waals surface area contributed by atoms with Crippen LogP contribution in [-0.4, -0.2) is 17.9 Å². The van der Waals surface area contributed by atoms with Gasteiger partial charge in [-0.15, -0.1) is 0 Å². The van der Waals surface area contributed by atoms with Gasteiger partial charge in [0.25, 0.3) is 0 Å². The average molecular weight is 212 g/mol. The van der Waals surface area contributed by atoms with E-state index in [1.54, 1.807) is 0 Å². The van der Waals surface area contributed by atoms with Gasteiger partial charge in [0.2, 0.25) is 11.8 Å². The predicted molar refractivity (Wildman–Crippen MR) is 57.9 cm³/mol. The Labute approximate surface area is 90.6 Å². The minimum Gasteiger partial charge on any atom is -0.368 e. The lowest BCUT2D eigenvalue weighted by atomic mass is 9.84. The van der Waals surface area contributed by atoms with Gasteiger partial charge >= 0.3 is 0 Å². The Bertz CT molecular complexity index is 247. The summed E-state index contributed by atoms with van der Waals surface area (Å²) < 4.78 is 0. The summed E-state index contributed by atoms with van der Waals surface area (Å²) in [6.45, 7) is 4.01. The van der Waals surface area contributed by atoms with Crippen molar-refractivity contribution in [2.45, 2.75) is 45.6 Å². The van der Waals surface area contributed by atoms with E-state index in [9.17, 15) is 9.59 Å². The molecule has 2 amide bonds. The molecule has 0 aromatic carbocycles. The molecule has 1 unspecified atom stereocenters. The number of carbonyl (C=O) groups excluding carboxylic acids is 2. The highest BCUT2D eigenvalue weighted by Crippen LogP contribution is 2.26. The van der Waals surface area contributed by atoms with Crippen LogP contribution in [0.3, 0.4) is 0 Å². The smallest absolute Gasteiger partial charge is 0.240 e. The molecule has 0 spiro atoms. The highest BCUT2D eigenvalue weighted by Gasteiger charge is 2.28. The van der Waals surface area contributed by atoms with Crippen molar-refractivity contribution in [2.75, 3.05) is 0 Å². The number of nitrogens with two attached hydrogens (primary N) is 1. The fourth-order valence-electron chi connectivity index (χ4n) is 1.68. The quantitative estimate of drug-likeness (QED) is 0.707. The maximum Gasteiger partial charge on any atom is 0.240 e. The van der Waals surface area contributed by atoms with Crippen molar-refractivity contribution in [3.05, 3.63) is 0 Å². The van der Waals surface area contributed by atoms with Gasteiger partial charge in [0, 0.05) is 5.92 Å². The van der Waals surface area contributed by atoms with E-state index < -0.39 is 11.9 Å². The Morgan fingerprint density at radius 1 is 1.40 bits per heavy atom. The van der Waals surface area contributed by atoms with Crippen LogP contribution in [0, 0.1) is 11.8 Å². The molecule has 15 heavy (non-hydrogen) atoms. The number of primary amides is 1. The molecule has 0 heterocycles. The largest absolute Gasteiger partial charge is 0.368 e. The Morgan fingerprint density at radius 3 is 2.33 bits per heavy atom. The molecule has 1 rings (SSSR count). The standard InChI is InChI=1S/C11H20N2O2/c1-7(2)6-9(10(12)14)13-11(15)8-4-3-5-8/h7-9H,3-6H2,1-2H3,(H2,12,14)(H,13,15). The van der Waals surface area contributed by atoms with Gasteiger partial charge < -0.3 is 11.1 Å². The van der Waals surface area contributed by atoms with Crippen LogP contribution in [0.25, 0.3) is 0 Å². The van der Waals surface area contributed by atoms with Gasteiger partial charge in [0.1, 0.15) is 6.04 Å². The lowest BCUT2D eigenvalue weighted by Gasteiger charge is -2.26.